The second kappa shape index (κ2) is 8.83. The Labute approximate surface area is 204 Å². The smallest absolute Gasteiger partial charge is 0.174 e. The van der Waals surface area contributed by atoms with Gasteiger partial charge in [0.25, 0.3) is 0 Å². The van der Waals surface area contributed by atoms with Crippen molar-refractivity contribution in [2.75, 3.05) is 12.0 Å². The predicted octanol–water partition coefficient (Wildman–Crippen LogP) is 5.38. The second-order valence-corrected chi connectivity index (χ2v) is 8.74. The van der Waals surface area contributed by atoms with Gasteiger partial charge in [-0.05, 0) is 74.1 Å². The van der Waals surface area contributed by atoms with Crippen molar-refractivity contribution in [2.24, 2.45) is 0 Å². The zero-order chi connectivity index (χ0) is 23.8. The fourth-order valence-electron chi connectivity index (χ4n) is 4.82. The highest BCUT2D eigenvalue weighted by Gasteiger charge is 2.42. The number of hydrogen-bond donors (Lipinski definition) is 2. The van der Waals surface area contributed by atoms with E-state index in [1.54, 1.807) is 19.4 Å². The van der Waals surface area contributed by atoms with Gasteiger partial charge in [0.05, 0.1) is 30.6 Å². The number of nitrogens with one attached hydrogen (secondary N) is 1. The first-order valence-electron chi connectivity index (χ1n) is 11.1. The number of aromatic nitrogens is 2. The minimum Gasteiger partial charge on any atom is -0.506 e. The number of rotatable bonds is 5. The van der Waals surface area contributed by atoms with E-state index in [4.69, 9.17) is 17.0 Å². The van der Waals surface area contributed by atoms with Gasteiger partial charge in [-0.25, -0.2) is 0 Å². The SMILES string of the molecule is COc1cccc(N2C(=S)NC(c3ccccn3)C2c2cc(C)n(-c3ccccc3O)c2C)c1. The standard InChI is InChI=1S/C27H26N4O2S/c1-17-15-21(18(2)30(17)23-12-4-5-13-24(23)32)26-25(22-11-6-7-14-28-22)29-27(34)31(26)19-9-8-10-20(16-19)33-3/h4-16,25-26,32H,1-3H3,(H,29,34). The van der Waals surface area contributed by atoms with E-state index in [0.29, 0.717) is 5.11 Å². The zero-order valence-electron chi connectivity index (χ0n) is 19.3. The molecule has 1 saturated heterocycles. The Morgan fingerprint density at radius 2 is 1.79 bits per heavy atom. The van der Waals surface area contributed by atoms with Gasteiger partial charge in [-0.15, -0.1) is 0 Å². The monoisotopic (exact) mass is 470 g/mol. The zero-order valence-corrected chi connectivity index (χ0v) is 20.1. The van der Waals surface area contributed by atoms with E-state index in [1.807, 2.05) is 60.7 Å². The number of benzene rings is 2. The van der Waals surface area contributed by atoms with Crippen LogP contribution in [0, 0.1) is 13.8 Å². The topological polar surface area (TPSA) is 62.5 Å². The fraction of sp³-hybridized carbons (Fsp3) is 0.185. The molecule has 5 rings (SSSR count). The van der Waals surface area contributed by atoms with Crippen molar-refractivity contribution < 1.29 is 9.84 Å². The van der Waals surface area contributed by atoms with Crippen molar-refractivity contribution in [1.82, 2.24) is 14.9 Å². The molecule has 2 N–H and O–H groups in total. The van der Waals surface area contributed by atoms with Crippen LogP contribution >= 0.6 is 12.2 Å². The van der Waals surface area contributed by atoms with Crippen LogP contribution in [0.3, 0.4) is 0 Å². The number of aromatic hydroxyl groups is 1. The normalized spacial score (nSPS) is 17.6. The van der Waals surface area contributed by atoms with Gasteiger partial charge in [-0.2, -0.15) is 0 Å². The lowest BCUT2D eigenvalue weighted by Crippen LogP contribution is -2.29. The molecule has 2 aromatic carbocycles. The third kappa shape index (κ3) is 3.68. The van der Waals surface area contributed by atoms with E-state index in [1.165, 1.54) is 0 Å². The molecule has 2 unspecified atom stereocenters. The maximum atomic E-state index is 10.6. The number of thiocarbonyl (C=S) groups is 1. The summed E-state index contributed by atoms with van der Waals surface area (Å²) in [6.45, 7) is 4.13. The molecular formula is C27H26N4O2S. The Kier molecular flexibility index (Phi) is 5.71. The van der Waals surface area contributed by atoms with Gasteiger partial charge in [0.2, 0.25) is 0 Å². The fourth-order valence-corrected chi connectivity index (χ4v) is 5.17. The highest BCUT2D eigenvalue weighted by atomic mass is 32.1. The number of hydrogen-bond acceptors (Lipinski definition) is 4. The molecular weight excluding hydrogens is 444 g/mol. The van der Waals surface area contributed by atoms with Gasteiger partial charge in [0.1, 0.15) is 11.5 Å². The van der Waals surface area contributed by atoms with Crippen LogP contribution in [0.1, 0.15) is 34.7 Å². The highest BCUT2D eigenvalue weighted by molar-refractivity contribution is 7.80. The van der Waals surface area contributed by atoms with E-state index in [-0.39, 0.29) is 17.8 Å². The number of ether oxygens (including phenoxy) is 1. The molecule has 0 radical (unpaired) electrons. The Morgan fingerprint density at radius 3 is 2.53 bits per heavy atom. The molecule has 0 saturated carbocycles. The summed E-state index contributed by atoms with van der Waals surface area (Å²) < 4.78 is 7.57. The lowest BCUT2D eigenvalue weighted by molar-refractivity contribution is 0.415. The summed E-state index contributed by atoms with van der Waals surface area (Å²) in [6, 6.07) is 23.1. The van der Waals surface area contributed by atoms with Crippen LogP contribution in [-0.2, 0) is 0 Å². The average Bonchev–Trinajstić information content (AvgIpc) is 3.35. The molecule has 7 heteroatoms. The highest BCUT2D eigenvalue weighted by Crippen LogP contribution is 2.44. The number of anilines is 1. The predicted molar refractivity (Wildman–Crippen MR) is 138 cm³/mol. The lowest BCUT2D eigenvalue weighted by Gasteiger charge is -2.28. The van der Waals surface area contributed by atoms with Crippen molar-refractivity contribution in [3.05, 3.63) is 102 Å². The molecule has 2 aromatic heterocycles. The second-order valence-electron chi connectivity index (χ2n) is 8.35. The van der Waals surface area contributed by atoms with Gasteiger partial charge in [-0.1, -0.05) is 24.3 Å². The van der Waals surface area contributed by atoms with Crippen LogP contribution in [0.5, 0.6) is 11.5 Å². The maximum absolute atomic E-state index is 10.6. The van der Waals surface area contributed by atoms with Gasteiger partial charge in [0, 0.05) is 29.3 Å². The molecule has 1 fully saturated rings. The molecule has 1 aliphatic rings. The van der Waals surface area contributed by atoms with Crippen LogP contribution in [0.15, 0.2) is 79.0 Å². The Balaban J connectivity index is 1.70. The molecule has 6 nitrogen and oxygen atoms in total. The molecule has 3 heterocycles. The van der Waals surface area contributed by atoms with Crippen molar-refractivity contribution >= 4 is 23.0 Å². The number of pyridine rings is 1. The molecule has 0 spiro atoms. The summed E-state index contributed by atoms with van der Waals surface area (Å²) in [6.07, 6.45) is 1.80. The van der Waals surface area contributed by atoms with Gasteiger partial charge < -0.3 is 24.6 Å². The van der Waals surface area contributed by atoms with Crippen LogP contribution < -0.4 is 15.0 Å². The lowest BCUT2D eigenvalue weighted by atomic mass is 9.96. The Hall–Kier alpha value is -3.84. The Bertz CT molecular complexity index is 1350. The van der Waals surface area contributed by atoms with Gasteiger partial charge in [-0.3, -0.25) is 4.98 Å². The number of phenols is 1. The van der Waals surface area contributed by atoms with E-state index in [2.05, 4.69) is 39.7 Å². The minimum atomic E-state index is -0.154. The first-order valence-corrected chi connectivity index (χ1v) is 11.5. The third-order valence-corrected chi connectivity index (χ3v) is 6.66. The number of phenolic OH excluding ortho intramolecular Hbond substituents is 1. The van der Waals surface area contributed by atoms with E-state index in [9.17, 15) is 5.11 Å². The molecule has 34 heavy (non-hydrogen) atoms. The number of aryl methyl sites for hydroxylation is 1. The summed E-state index contributed by atoms with van der Waals surface area (Å²) in [4.78, 5) is 6.78. The number of para-hydroxylation sites is 2. The molecule has 4 aromatic rings. The van der Waals surface area contributed by atoms with E-state index < -0.39 is 0 Å². The molecule has 0 amide bonds. The van der Waals surface area contributed by atoms with Crippen molar-refractivity contribution in [2.45, 2.75) is 25.9 Å². The molecule has 1 aliphatic heterocycles. The Morgan fingerprint density at radius 1 is 1.00 bits per heavy atom. The molecule has 0 aliphatic carbocycles. The van der Waals surface area contributed by atoms with Crippen molar-refractivity contribution in [3.8, 4) is 17.2 Å². The van der Waals surface area contributed by atoms with Crippen LogP contribution in [0.25, 0.3) is 5.69 Å². The number of methoxy groups -OCH3 is 1. The largest absolute Gasteiger partial charge is 0.506 e. The minimum absolute atomic E-state index is 0.152. The first kappa shape index (κ1) is 22.0. The summed E-state index contributed by atoms with van der Waals surface area (Å²) in [7, 11) is 1.66. The van der Waals surface area contributed by atoms with Gasteiger partial charge in [0.15, 0.2) is 5.11 Å². The number of nitrogens with zero attached hydrogens (tertiary/aromatic N) is 3. The summed E-state index contributed by atoms with van der Waals surface area (Å²) in [5, 5.41) is 14.7. The maximum Gasteiger partial charge on any atom is 0.174 e. The van der Waals surface area contributed by atoms with Crippen LogP contribution in [0.2, 0.25) is 0 Å². The molecule has 0 bridgehead atoms. The summed E-state index contributed by atoms with van der Waals surface area (Å²) in [5.41, 5.74) is 5.76. The van der Waals surface area contributed by atoms with E-state index in [0.717, 1.165) is 39.8 Å². The molecule has 2 atom stereocenters. The van der Waals surface area contributed by atoms with Crippen molar-refractivity contribution in [3.63, 3.8) is 0 Å². The average molecular weight is 471 g/mol. The molecule has 172 valence electrons. The summed E-state index contributed by atoms with van der Waals surface area (Å²) >= 11 is 5.85. The van der Waals surface area contributed by atoms with Crippen LogP contribution in [-0.4, -0.2) is 26.9 Å². The quantitative estimate of drug-likeness (QED) is 0.382. The third-order valence-electron chi connectivity index (χ3n) is 6.34. The first-order chi connectivity index (χ1) is 16.5. The van der Waals surface area contributed by atoms with Gasteiger partial charge >= 0.3 is 0 Å². The van der Waals surface area contributed by atoms with Crippen LogP contribution in [0.4, 0.5) is 5.69 Å². The van der Waals surface area contributed by atoms with E-state index >= 15 is 0 Å². The van der Waals surface area contributed by atoms with Crippen molar-refractivity contribution in [1.29, 1.82) is 0 Å². The summed E-state index contributed by atoms with van der Waals surface area (Å²) in [5.74, 6) is 1.00.